The van der Waals surface area contributed by atoms with Gasteiger partial charge in [-0.2, -0.15) is 0 Å². The van der Waals surface area contributed by atoms with Crippen molar-refractivity contribution in [1.82, 2.24) is 4.72 Å². The van der Waals surface area contributed by atoms with E-state index in [2.05, 4.69) is 9.46 Å². The van der Waals surface area contributed by atoms with Crippen molar-refractivity contribution in [3.63, 3.8) is 0 Å². The Labute approximate surface area is 120 Å². The SMILES string of the molecule is N[C@H]1CC[C@H](NS(=O)(=O)c2ccccc2OC(F)(F)F)C1. The van der Waals surface area contributed by atoms with Crippen molar-refractivity contribution in [1.29, 1.82) is 0 Å². The molecule has 0 unspecified atom stereocenters. The van der Waals surface area contributed by atoms with Crippen LogP contribution in [-0.4, -0.2) is 26.9 Å². The number of hydrogen-bond donors (Lipinski definition) is 2. The Bertz CT molecular complexity index is 604. The minimum absolute atomic E-state index is 0.0978. The zero-order chi connectivity index (χ0) is 15.7. The largest absolute Gasteiger partial charge is 0.573 e. The number of nitrogens with one attached hydrogen (secondary N) is 1. The first kappa shape index (κ1) is 16.1. The monoisotopic (exact) mass is 324 g/mol. The lowest BCUT2D eigenvalue weighted by Gasteiger charge is -2.16. The minimum atomic E-state index is -4.96. The lowest BCUT2D eigenvalue weighted by Crippen LogP contribution is -2.34. The molecule has 0 radical (unpaired) electrons. The maximum absolute atomic E-state index is 12.3. The van der Waals surface area contributed by atoms with E-state index in [0.717, 1.165) is 12.1 Å². The molecular formula is C12H15F3N2O3S. The Kier molecular flexibility index (Phi) is 4.45. The van der Waals surface area contributed by atoms with E-state index in [4.69, 9.17) is 5.73 Å². The van der Waals surface area contributed by atoms with Crippen LogP contribution >= 0.6 is 0 Å². The van der Waals surface area contributed by atoms with E-state index in [9.17, 15) is 21.6 Å². The highest BCUT2D eigenvalue weighted by Crippen LogP contribution is 2.30. The van der Waals surface area contributed by atoms with E-state index in [1.807, 2.05) is 0 Å². The molecule has 0 bridgehead atoms. The van der Waals surface area contributed by atoms with Crippen molar-refractivity contribution in [2.45, 2.75) is 42.6 Å². The van der Waals surface area contributed by atoms with Gasteiger partial charge in [0.15, 0.2) is 0 Å². The number of rotatable bonds is 4. The summed E-state index contributed by atoms with van der Waals surface area (Å²) in [5.41, 5.74) is 5.69. The minimum Gasteiger partial charge on any atom is -0.404 e. The normalized spacial score (nSPS) is 23.2. The van der Waals surface area contributed by atoms with Gasteiger partial charge in [0.05, 0.1) is 0 Å². The number of para-hydroxylation sites is 1. The van der Waals surface area contributed by atoms with Gasteiger partial charge in [-0.25, -0.2) is 13.1 Å². The predicted molar refractivity (Wildman–Crippen MR) is 69.1 cm³/mol. The molecule has 0 heterocycles. The van der Waals surface area contributed by atoms with Gasteiger partial charge in [-0.1, -0.05) is 12.1 Å². The molecule has 1 aliphatic carbocycles. The summed E-state index contributed by atoms with van der Waals surface area (Å²) in [6, 6.07) is 4.16. The van der Waals surface area contributed by atoms with Crippen molar-refractivity contribution in [2.75, 3.05) is 0 Å². The Hall–Kier alpha value is -1.32. The molecule has 0 aliphatic heterocycles. The van der Waals surface area contributed by atoms with Gasteiger partial charge in [0, 0.05) is 12.1 Å². The summed E-state index contributed by atoms with van der Waals surface area (Å²) in [5, 5.41) is 0. The van der Waals surface area contributed by atoms with Crippen LogP contribution in [0.2, 0.25) is 0 Å². The van der Waals surface area contributed by atoms with Gasteiger partial charge in [0.2, 0.25) is 10.0 Å². The van der Waals surface area contributed by atoms with Gasteiger partial charge in [-0.15, -0.1) is 13.2 Å². The summed E-state index contributed by atoms with van der Waals surface area (Å²) in [6.45, 7) is 0. The second kappa shape index (κ2) is 5.82. The topological polar surface area (TPSA) is 81.4 Å². The molecular weight excluding hydrogens is 309 g/mol. The molecule has 1 aliphatic rings. The van der Waals surface area contributed by atoms with E-state index in [0.29, 0.717) is 19.3 Å². The lowest BCUT2D eigenvalue weighted by atomic mass is 10.2. The third-order valence-electron chi connectivity index (χ3n) is 3.16. The van der Waals surface area contributed by atoms with Crippen LogP contribution in [0.1, 0.15) is 19.3 Å². The average molecular weight is 324 g/mol. The maximum Gasteiger partial charge on any atom is 0.573 e. The second-order valence-electron chi connectivity index (χ2n) is 4.89. The zero-order valence-corrected chi connectivity index (χ0v) is 11.7. The van der Waals surface area contributed by atoms with Crippen molar-refractivity contribution in [3.8, 4) is 5.75 Å². The molecule has 9 heteroatoms. The number of ether oxygens (including phenoxy) is 1. The van der Waals surface area contributed by atoms with Crippen LogP contribution in [0.25, 0.3) is 0 Å². The van der Waals surface area contributed by atoms with Gasteiger partial charge < -0.3 is 10.5 Å². The molecule has 0 saturated heterocycles. The highest BCUT2D eigenvalue weighted by atomic mass is 32.2. The average Bonchev–Trinajstić information content (AvgIpc) is 2.72. The highest BCUT2D eigenvalue weighted by molar-refractivity contribution is 7.89. The van der Waals surface area contributed by atoms with E-state index in [-0.39, 0.29) is 12.1 Å². The van der Waals surface area contributed by atoms with Gasteiger partial charge >= 0.3 is 6.36 Å². The fraction of sp³-hybridized carbons (Fsp3) is 0.500. The zero-order valence-electron chi connectivity index (χ0n) is 10.9. The molecule has 1 fully saturated rings. The molecule has 3 N–H and O–H groups in total. The molecule has 2 atom stereocenters. The summed E-state index contributed by atoms with van der Waals surface area (Å²) < 4.78 is 67.5. The number of halogens is 3. The van der Waals surface area contributed by atoms with Crippen molar-refractivity contribution < 1.29 is 26.3 Å². The summed E-state index contributed by atoms with van der Waals surface area (Å²) in [5.74, 6) is -0.750. The van der Waals surface area contributed by atoms with Crippen LogP contribution in [0.15, 0.2) is 29.2 Å². The molecule has 0 spiro atoms. The van der Waals surface area contributed by atoms with E-state index in [1.165, 1.54) is 12.1 Å². The number of sulfonamides is 1. The summed E-state index contributed by atoms with van der Waals surface area (Å²) in [6.07, 6.45) is -3.26. The van der Waals surface area contributed by atoms with Crippen molar-refractivity contribution >= 4 is 10.0 Å². The number of nitrogens with two attached hydrogens (primary N) is 1. The van der Waals surface area contributed by atoms with Crippen LogP contribution in [0.5, 0.6) is 5.75 Å². The number of alkyl halides is 3. The number of benzene rings is 1. The molecule has 1 aromatic carbocycles. The van der Waals surface area contributed by atoms with Gasteiger partial charge in [-0.05, 0) is 31.4 Å². The molecule has 1 saturated carbocycles. The molecule has 2 rings (SSSR count). The summed E-state index contributed by atoms with van der Waals surface area (Å²) >= 11 is 0. The quantitative estimate of drug-likeness (QED) is 0.884. The first-order valence-corrected chi connectivity index (χ1v) is 7.78. The third kappa shape index (κ3) is 4.32. The number of hydrogen-bond acceptors (Lipinski definition) is 4. The van der Waals surface area contributed by atoms with Crippen molar-refractivity contribution in [3.05, 3.63) is 24.3 Å². The Balaban J connectivity index is 2.23. The fourth-order valence-corrected chi connectivity index (χ4v) is 3.70. The van der Waals surface area contributed by atoms with Gasteiger partial charge in [0.25, 0.3) is 0 Å². The van der Waals surface area contributed by atoms with Gasteiger partial charge in [0.1, 0.15) is 10.6 Å². The van der Waals surface area contributed by atoms with Crippen molar-refractivity contribution in [2.24, 2.45) is 5.73 Å². The summed E-state index contributed by atoms with van der Waals surface area (Å²) in [7, 11) is -4.10. The third-order valence-corrected chi connectivity index (χ3v) is 4.72. The molecule has 21 heavy (non-hydrogen) atoms. The highest BCUT2D eigenvalue weighted by Gasteiger charge is 2.35. The maximum atomic E-state index is 12.3. The smallest absolute Gasteiger partial charge is 0.404 e. The molecule has 118 valence electrons. The van der Waals surface area contributed by atoms with Crippen LogP contribution in [0, 0.1) is 0 Å². The Morgan fingerprint density at radius 1 is 1.24 bits per heavy atom. The lowest BCUT2D eigenvalue weighted by molar-refractivity contribution is -0.275. The first-order valence-electron chi connectivity index (χ1n) is 6.30. The van der Waals surface area contributed by atoms with Gasteiger partial charge in [-0.3, -0.25) is 0 Å². The summed E-state index contributed by atoms with van der Waals surface area (Å²) in [4.78, 5) is -0.539. The first-order chi connectivity index (χ1) is 9.67. The predicted octanol–water partition coefficient (Wildman–Crippen LogP) is 1.74. The molecule has 0 amide bonds. The second-order valence-corrected chi connectivity index (χ2v) is 6.57. The van der Waals surface area contributed by atoms with E-state index in [1.54, 1.807) is 0 Å². The van der Waals surface area contributed by atoms with Crippen LogP contribution in [0.3, 0.4) is 0 Å². The van der Waals surface area contributed by atoms with E-state index >= 15 is 0 Å². The van der Waals surface area contributed by atoms with Crippen LogP contribution < -0.4 is 15.2 Å². The molecule has 1 aromatic rings. The molecule has 5 nitrogen and oxygen atoms in total. The van der Waals surface area contributed by atoms with Crippen LogP contribution in [0.4, 0.5) is 13.2 Å². The Morgan fingerprint density at radius 2 is 1.90 bits per heavy atom. The fourth-order valence-electron chi connectivity index (χ4n) is 2.29. The van der Waals surface area contributed by atoms with E-state index < -0.39 is 27.0 Å². The standard InChI is InChI=1S/C12H15F3N2O3S/c13-12(14,15)20-10-3-1-2-4-11(10)21(18,19)17-9-6-5-8(16)7-9/h1-4,8-9,17H,5-7,16H2/t8-,9-/m0/s1. The Morgan fingerprint density at radius 3 is 2.48 bits per heavy atom. The van der Waals surface area contributed by atoms with Crippen LogP contribution in [-0.2, 0) is 10.0 Å². The molecule has 0 aromatic heterocycles.